The Bertz CT molecular complexity index is 1090. The molecular weight excluding hydrogens is 398 g/mol. The maximum Gasteiger partial charge on any atom is 0.338 e. The number of carbonyl (C=O) groups excluding carboxylic acids is 1. The van der Waals surface area contributed by atoms with Gasteiger partial charge in [-0.2, -0.15) is 0 Å². The smallest absolute Gasteiger partial charge is 0.338 e. The molecule has 0 N–H and O–H groups in total. The number of aryl methyl sites for hydroxylation is 2. The van der Waals surface area contributed by atoms with Gasteiger partial charge in [0.15, 0.2) is 0 Å². The van der Waals surface area contributed by atoms with E-state index in [0.717, 1.165) is 31.4 Å². The molecule has 0 fully saturated rings. The van der Waals surface area contributed by atoms with Gasteiger partial charge in [-0.05, 0) is 80.3 Å². The van der Waals surface area contributed by atoms with Crippen LogP contribution in [0.3, 0.4) is 0 Å². The van der Waals surface area contributed by atoms with Crippen molar-refractivity contribution >= 4 is 17.3 Å². The lowest BCUT2D eigenvalue weighted by Gasteiger charge is -2.35. The van der Waals surface area contributed by atoms with Gasteiger partial charge < -0.3 is 9.64 Å². The van der Waals surface area contributed by atoms with Crippen LogP contribution in [0.5, 0.6) is 0 Å². The number of nitrogens with zero attached hydrogens (tertiary/aromatic N) is 3. The Kier molecular flexibility index (Phi) is 6.56. The number of benzene rings is 2. The third kappa shape index (κ3) is 4.53. The van der Waals surface area contributed by atoms with Crippen LogP contribution in [0.2, 0.25) is 0 Å². The van der Waals surface area contributed by atoms with Crippen LogP contribution in [-0.2, 0) is 17.6 Å². The molecule has 4 rings (SSSR count). The summed E-state index contributed by atoms with van der Waals surface area (Å²) >= 11 is 0. The summed E-state index contributed by atoms with van der Waals surface area (Å²) in [5, 5.41) is 0. The SMILES string of the molecule is COC(=O)c1ccncc1CC[C@H]1c2ccc(N(C)c3ccc(C)cc3)cc2CCN1C. The lowest BCUT2D eigenvalue weighted by atomic mass is 9.88. The van der Waals surface area contributed by atoms with Gasteiger partial charge in [0.1, 0.15) is 0 Å². The largest absolute Gasteiger partial charge is 0.465 e. The molecule has 2 aromatic carbocycles. The lowest BCUT2D eigenvalue weighted by molar-refractivity contribution is 0.0599. The molecule has 32 heavy (non-hydrogen) atoms. The fraction of sp³-hybridized carbons (Fsp3) is 0.333. The van der Waals surface area contributed by atoms with Crippen molar-refractivity contribution in [2.24, 2.45) is 0 Å². The highest BCUT2D eigenvalue weighted by Crippen LogP contribution is 2.35. The number of ether oxygens (including phenoxy) is 1. The predicted molar refractivity (Wildman–Crippen MR) is 129 cm³/mol. The van der Waals surface area contributed by atoms with Gasteiger partial charge in [-0.15, -0.1) is 0 Å². The first-order chi connectivity index (χ1) is 15.5. The average molecular weight is 430 g/mol. The van der Waals surface area contributed by atoms with E-state index in [0.29, 0.717) is 11.6 Å². The second kappa shape index (κ2) is 9.53. The lowest BCUT2D eigenvalue weighted by Crippen LogP contribution is -2.32. The fourth-order valence-corrected chi connectivity index (χ4v) is 4.55. The number of carbonyl (C=O) groups is 1. The van der Waals surface area contributed by atoms with Crippen molar-refractivity contribution in [2.45, 2.75) is 32.2 Å². The monoisotopic (exact) mass is 429 g/mol. The van der Waals surface area contributed by atoms with Crippen molar-refractivity contribution in [3.8, 4) is 0 Å². The highest BCUT2D eigenvalue weighted by atomic mass is 16.5. The summed E-state index contributed by atoms with van der Waals surface area (Å²) in [6, 6.07) is 17.5. The summed E-state index contributed by atoms with van der Waals surface area (Å²) in [7, 11) is 5.73. The number of likely N-dealkylation sites (N-methyl/N-ethyl adjacent to an activating group) is 1. The number of hydrogen-bond acceptors (Lipinski definition) is 5. The van der Waals surface area contributed by atoms with Gasteiger partial charge in [-0.3, -0.25) is 9.88 Å². The number of methoxy groups -OCH3 is 1. The molecule has 1 atom stereocenters. The molecule has 1 aromatic heterocycles. The van der Waals surface area contributed by atoms with E-state index in [4.69, 9.17) is 4.74 Å². The maximum atomic E-state index is 12.1. The highest BCUT2D eigenvalue weighted by Gasteiger charge is 2.26. The van der Waals surface area contributed by atoms with E-state index in [1.165, 1.54) is 35.2 Å². The zero-order valence-electron chi connectivity index (χ0n) is 19.3. The molecule has 5 heteroatoms. The third-order valence-corrected chi connectivity index (χ3v) is 6.56. The average Bonchev–Trinajstić information content (AvgIpc) is 2.83. The van der Waals surface area contributed by atoms with Crippen molar-refractivity contribution in [1.29, 1.82) is 0 Å². The Labute approximate surface area is 190 Å². The van der Waals surface area contributed by atoms with Crippen LogP contribution in [0.15, 0.2) is 60.9 Å². The van der Waals surface area contributed by atoms with Crippen molar-refractivity contribution in [2.75, 3.05) is 32.6 Å². The molecule has 0 amide bonds. The maximum absolute atomic E-state index is 12.1. The Morgan fingerprint density at radius 3 is 2.66 bits per heavy atom. The molecular formula is C27H31N3O2. The first kappa shape index (κ1) is 22.0. The Balaban J connectivity index is 1.55. The minimum atomic E-state index is -0.302. The topological polar surface area (TPSA) is 45.7 Å². The van der Waals surface area contributed by atoms with Gasteiger partial charge in [0, 0.05) is 43.4 Å². The van der Waals surface area contributed by atoms with E-state index in [-0.39, 0.29) is 5.97 Å². The number of fused-ring (bicyclic) bond motifs is 1. The zero-order valence-corrected chi connectivity index (χ0v) is 19.3. The minimum absolute atomic E-state index is 0.302. The van der Waals surface area contributed by atoms with Gasteiger partial charge in [0.25, 0.3) is 0 Å². The van der Waals surface area contributed by atoms with Gasteiger partial charge in [-0.1, -0.05) is 23.8 Å². The van der Waals surface area contributed by atoms with Crippen molar-refractivity contribution in [1.82, 2.24) is 9.88 Å². The fourth-order valence-electron chi connectivity index (χ4n) is 4.55. The molecule has 1 aliphatic rings. The molecule has 5 nitrogen and oxygen atoms in total. The van der Waals surface area contributed by atoms with E-state index in [2.05, 4.69) is 78.3 Å². The van der Waals surface area contributed by atoms with Crippen LogP contribution < -0.4 is 4.90 Å². The Hall–Kier alpha value is -3.18. The summed E-state index contributed by atoms with van der Waals surface area (Å²) in [4.78, 5) is 21.0. The van der Waals surface area contributed by atoms with E-state index in [1.807, 2.05) is 0 Å². The van der Waals surface area contributed by atoms with Crippen LogP contribution in [0.4, 0.5) is 11.4 Å². The summed E-state index contributed by atoms with van der Waals surface area (Å²) in [5.41, 5.74) is 7.99. The predicted octanol–water partition coefficient (Wildman–Crippen LogP) is 5.11. The van der Waals surface area contributed by atoms with Crippen LogP contribution in [-0.4, -0.2) is 43.6 Å². The van der Waals surface area contributed by atoms with E-state index in [1.54, 1.807) is 18.5 Å². The molecule has 166 valence electrons. The second-order valence-electron chi connectivity index (χ2n) is 8.59. The Morgan fingerprint density at radius 1 is 1.16 bits per heavy atom. The Morgan fingerprint density at radius 2 is 1.91 bits per heavy atom. The summed E-state index contributed by atoms with van der Waals surface area (Å²) < 4.78 is 4.94. The molecule has 0 aliphatic carbocycles. The molecule has 0 saturated carbocycles. The normalized spacial score (nSPS) is 15.8. The van der Waals surface area contributed by atoms with Crippen molar-refractivity contribution < 1.29 is 9.53 Å². The first-order valence-corrected chi connectivity index (χ1v) is 11.1. The van der Waals surface area contributed by atoms with Crippen LogP contribution >= 0.6 is 0 Å². The molecule has 0 saturated heterocycles. The molecule has 3 aromatic rings. The number of hydrogen-bond donors (Lipinski definition) is 0. The highest BCUT2D eigenvalue weighted by molar-refractivity contribution is 5.90. The zero-order chi connectivity index (χ0) is 22.7. The van der Waals surface area contributed by atoms with Crippen molar-refractivity contribution in [3.63, 3.8) is 0 Å². The first-order valence-electron chi connectivity index (χ1n) is 11.1. The molecule has 0 radical (unpaired) electrons. The standard InChI is InChI=1S/C27H31N3O2/c1-19-5-8-22(9-6-19)30(3)23-10-11-24-20(17-23)14-16-29(2)26(24)12-7-21-18-28-15-13-25(21)27(31)32-4/h5-6,8-11,13,15,17-18,26H,7,12,14,16H2,1-4H3/t26-/m0/s1. The van der Waals surface area contributed by atoms with Crippen LogP contribution in [0.25, 0.3) is 0 Å². The third-order valence-electron chi connectivity index (χ3n) is 6.56. The summed E-state index contributed by atoms with van der Waals surface area (Å²) in [6.07, 6.45) is 6.17. The number of rotatable bonds is 6. The van der Waals surface area contributed by atoms with Gasteiger partial charge in [0.05, 0.1) is 12.7 Å². The molecule has 0 unspecified atom stereocenters. The number of anilines is 2. The van der Waals surface area contributed by atoms with E-state index >= 15 is 0 Å². The van der Waals surface area contributed by atoms with Gasteiger partial charge in [0.2, 0.25) is 0 Å². The molecule has 1 aliphatic heterocycles. The van der Waals surface area contributed by atoms with Crippen molar-refractivity contribution in [3.05, 3.63) is 88.7 Å². The number of esters is 1. The van der Waals surface area contributed by atoms with Gasteiger partial charge in [-0.25, -0.2) is 4.79 Å². The summed E-state index contributed by atoms with van der Waals surface area (Å²) in [5.74, 6) is -0.302. The van der Waals surface area contributed by atoms with Gasteiger partial charge >= 0.3 is 5.97 Å². The van der Waals surface area contributed by atoms with Crippen LogP contribution in [0, 0.1) is 6.92 Å². The number of pyridine rings is 1. The summed E-state index contributed by atoms with van der Waals surface area (Å²) in [6.45, 7) is 3.13. The van der Waals surface area contributed by atoms with E-state index < -0.39 is 0 Å². The van der Waals surface area contributed by atoms with Crippen LogP contribution in [0.1, 0.15) is 45.1 Å². The molecule has 2 heterocycles. The second-order valence-corrected chi connectivity index (χ2v) is 8.59. The molecule has 0 spiro atoms. The van der Waals surface area contributed by atoms with E-state index in [9.17, 15) is 4.79 Å². The number of aromatic nitrogens is 1. The quantitative estimate of drug-likeness (QED) is 0.510. The molecule has 0 bridgehead atoms. The minimum Gasteiger partial charge on any atom is -0.465 e.